The van der Waals surface area contributed by atoms with Crippen LogP contribution in [0.5, 0.6) is 0 Å². The molecule has 7 nitrogen and oxygen atoms in total. The highest BCUT2D eigenvalue weighted by Crippen LogP contribution is 2.26. The number of para-hydroxylation sites is 1. The van der Waals surface area contributed by atoms with Gasteiger partial charge in [0.1, 0.15) is 5.70 Å². The summed E-state index contributed by atoms with van der Waals surface area (Å²) in [5, 5.41) is 9.52. The maximum absolute atomic E-state index is 11.8. The summed E-state index contributed by atoms with van der Waals surface area (Å²) in [4.78, 5) is 20.2. The minimum atomic E-state index is -3.34. The van der Waals surface area contributed by atoms with Crippen molar-refractivity contribution in [2.24, 2.45) is 10.7 Å². The number of aromatic nitrogens is 1. The smallest absolute Gasteiger partial charge is 0.351 e. The van der Waals surface area contributed by atoms with E-state index < -0.39 is 21.5 Å². The molecule has 0 saturated heterocycles. The second kappa shape index (κ2) is 9.11. The van der Waals surface area contributed by atoms with Crippen LogP contribution in [-0.4, -0.2) is 36.4 Å². The van der Waals surface area contributed by atoms with E-state index >= 15 is 0 Å². The molecule has 9 heteroatoms. The Bertz CT molecular complexity index is 1300. The Hall–Kier alpha value is -3.49. The molecule has 0 fully saturated rings. The first-order valence-electron chi connectivity index (χ1n) is 8.96. The van der Waals surface area contributed by atoms with Gasteiger partial charge in [-0.1, -0.05) is 41.9 Å². The number of hydrogen-bond donors (Lipinski definition) is 2. The lowest BCUT2D eigenvalue weighted by atomic mass is 10.1. The predicted octanol–water partition coefficient (Wildman–Crippen LogP) is 3.85. The molecule has 158 valence electrons. The van der Waals surface area contributed by atoms with Crippen molar-refractivity contribution < 1.29 is 18.3 Å². The molecule has 0 aliphatic heterocycles. The molecule has 3 rings (SSSR count). The SMILES string of the molecule is CS(=O)(=O)c1cccc(-c2ccc(C(C=C(N)C(=O)O)=Nc3ccccc3Cl)nc2)c1. The average Bonchev–Trinajstić information content (AvgIpc) is 2.74. The van der Waals surface area contributed by atoms with Gasteiger partial charge in [-0.25, -0.2) is 18.2 Å². The van der Waals surface area contributed by atoms with E-state index in [2.05, 4.69) is 9.98 Å². The maximum Gasteiger partial charge on any atom is 0.351 e. The van der Waals surface area contributed by atoms with E-state index in [4.69, 9.17) is 22.4 Å². The fraction of sp³-hybridized carbons (Fsp3) is 0.0455. The zero-order chi connectivity index (χ0) is 22.6. The van der Waals surface area contributed by atoms with Crippen molar-refractivity contribution in [3.63, 3.8) is 0 Å². The number of nitrogens with zero attached hydrogens (tertiary/aromatic N) is 2. The standard InChI is InChI=1S/C22H18ClN3O4S/c1-31(29,30)16-6-4-5-14(11-16)15-9-10-20(25-13-15)21(12-18(24)22(27)28)26-19-8-3-2-7-17(19)23/h2-13H,24H2,1H3,(H,27,28). The van der Waals surface area contributed by atoms with Gasteiger partial charge in [0.25, 0.3) is 0 Å². The van der Waals surface area contributed by atoms with Gasteiger partial charge in [0.2, 0.25) is 0 Å². The highest BCUT2D eigenvalue weighted by Gasteiger charge is 2.11. The highest BCUT2D eigenvalue weighted by molar-refractivity contribution is 7.90. The van der Waals surface area contributed by atoms with Gasteiger partial charge in [-0.05, 0) is 42.0 Å². The van der Waals surface area contributed by atoms with Crippen LogP contribution in [0.15, 0.2) is 88.5 Å². The zero-order valence-corrected chi connectivity index (χ0v) is 17.9. The summed E-state index contributed by atoms with van der Waals surface area (Å²) in [6.07, 6.45) is 3.89. The van der Waals surface area contributed by atoms with E-state index in [9.17, 15) is 13.2 Å². The monoisotopic (exact) mass is 455 g/mol. The first-order valence-corrected chi connectivity index (χ1v) is 11.2. The third-order valence-electron chi connectivity index (χ3n) is 4.25. The number of pyridine rings is 1. The Morgan fingerprint density at radius 3 is 2.45 bits per heavy atom. The van der Waals surface area contributed by atoms with Gasteiger partial charge >= 0.3 is 5.97 Å². The number of benzene rings is 2. The van der Waals surface area contributed by atoms with Crippen LogP contribution in [-0.2, 0) is 14.6 Å². The lowest BCUT2D eigenvalue weighted by Gasteiger charge is -2.07. The van der Waals surface area contributed by atoms with Gasteiger partial charge in [0, 0.05) is 18.0 Å². The number of carboxylic acids is 1. The number of carboxylic acid groups (broad SMARTS) is 1. The number of aliphatic imine (C=N–C) groups is 1. The van der Waals surface area contributed by atoms with Crippen LogP contribution < -0.4 is 5.73 Å². The van der Waals surface area contributed by atoms with E-state index in [1.54, 1.807) is 60.8 Å². The highest BCUT2D eigenvalue weighted by atomic mass is 35.5. The number of halogens is 1. The molecule has 1 aromatic heterocycles. The number of hydrogen-bond acceptors (Lipinski definition) is 6. The Morgan fingerprint density at radius 2 is 1.84 bits per heavy atom. The van der Waals surface area contributed by atoms with Crippen molar-refractivity contribution in [3.05, 3.63) is 89.4 Å². The van der Waals surface area contributed by atoms with E-state index in [-0.39, 0.29) is 10.6 Å². The Labute approximate surface area is 184 Å². The van der Waals surface area contributed by atoms with Crippen LogP contribution in [0.2, 0.25) is 5.02 Å². The quantitative estimate of drug-likeness (QED) is 0.430. The minimum Gasteiger partial charge on any atom is -0.477 e. The topological polar surface area (TPSA) is 123 Å². The van der Waals surface area contributed by atoms with Gasteiger partial charge < -0.3 is 10.8 Å². The summed E-state index contributed by atoms with van der Waals surface area (Å²) in [6.45, 7) is 0. The lowest BCUT2D eigenvalue weighted by molar-refractivity contribution is -0.132. The molecule has 0 atom stereocenters. The summed E-state index contributed by atoms with van der Waals surface area (Å²) in [6, 6.07) is 16.7. The number of carbonyl (C=O) groups is 1. The van der Waals surface area contributed by atoms with Crippen molar-refractivity contribution >= 4 is 38.8 Å². The van der Waals surface area contributed by atoms with Gasteiger partial charge in [-0.15, -0.1) is 0 Å². The molecular formula is C22H18ClN3O4S. The summed E-state index contributed by atoms with van der Waals surface area (Å²) in [5.41, 5.74) is 7.55. The summed E-state index contributed by atoms with van der Waals surface area (Å²) < 4.78 is 23.6. The number of aliphatic carboxylic acids is 1. The largest absolute Gasteiger partial charge is 0.477 e. The average molecular weight is 456 g/mol. The number of rotatable bonds is 6. The van der Waals surface area contributed by atoms with Crippen LogP contribution in [0, 0.1) is 0 Å². The Morgan fingerprint density at radius 1 is 1.10 bits per heavy atom. The third-order valence-corrected chi connectivity index (χ3v) is 5.68. The molecule has 1 heterocycles. The van der Waals surface area contributed by atoms with Gasteiger partial charge in [-0.2, -0.15) is 0 Å². The second-order valence-corrected chi connectivity index (χ2v) is 9.01. The van der Waals surface area contributed by atoms with Crippen molar-refractivity contribution in [1.82, 2.24) is 4.98 Å². The molecule has 3 N–H and O–H groups in total. The number of sulfone groups is 1. The van der Waals surface area contributed by atoms with Gasteiger partial charge in [0.05, 0.1) is 27.0 Å². The number of nitrogens with two attached hydrogens (primary N) is 1. The molecule has 0 amide bonds. The van der Waals surface area contributed by atoms with Crippen LogP contribution >= 0.6 is 11.6 Å². The van der Waals surface area contributed by atoms with E-state index in [1.165, 1.54) is 12.1 Å². The van der Waals surface area contributed by atoms with Crippen molar-refractivity contribution in [2.45, 2.75) is 4.90 Å². The molecular weight excluding hydrogens is 438 g/mol. The fourth-order valence-electron chi connectivity index (χ4n) is 2.67. The summed E-state index contributed by atoms with van der Waals surface area (Å²) in [5.74, 6) is -1.29. The molecule has 31 heavy (non-hydrogen) atoms. The number of allylic oxidation sites excluding steroid dienone is 1. The maximum atomic E-state index is 11.8. The first-order chi connectivity index (χ1) is 14.6. The lowest BCUT2D eigenvalue weighted by Crippen LogP contribution is -2.13. The normalized spacial score (nSPS) is 12.6. The predicted molar refractivity (Wildman–Crippen MR) is 120 cm³/mol. The zero-order valence-electron chi connectivity index (χ0n) is 16.4. The van der Waals surface area contributed by atoms with Crippen LogP contribution in [0.3, 0.4) is 0 Å². The van der Waals surface area contributed by atoms with Crippen LogP contribution in [0.1, 0.15) is 5.69 Å². The first kappa shape index (κ1) is 22.2. The van der Waals surface area contributed by atoms with E-state index in [1.807, 2.05) is 0 Å². The molecule has 2 aromatic carbocycles. The second-order valence-electron chi connectivity index (χ2n) is 6.59. The third kappa shape index (κ3) is 5.56. The molecule has 0 saturated carbocycles. The molecule has 0 aliphatic rings. The summed E-state index contributed by atoms with van der Waals surface area (Å²) >= 11 is 6.17. The van der Waals surface area contributed by atoms with Crippen molar-refractivity contribution in [1.29, 1.82) is 0 Å². The van der Waals surface area contributed by atoms with E-state index in [0.717, 1.165) is 6.26 Å². The van der Waals surface area contributed by atoms with Crippen molar-refractivity contribution in [2.75, 3.05) is 6.26 Å². The van der Waals surface area contributed by atoms with Crippen LogP contribution in [0.25, 0.3) is 11.1 Å². The minimum absolute atomic E-state index is 0.201. The Kier molecular flexibility index (Phi) is 6.53. The molecule has 0 radical (unpaired) electrons. The molecule has 3 aromatic rings. The van der Waals surface area contributed by atoms with Crippen LogP contribution in [0.4, 0.5) is 5.69 Å². The molecule has 0 bridgehead atoms. The molecule has 0 unspecified atom stereocenters. The molecule has 0 aliphatic carbocycles. The molecule has 0 spiro atoms. The summed E-state index contributed by atoms with van der Waals surface area (Å²) in [7, 11) is -3.34. The van der Waals surface area contributed by atoms with Gasteiger partial charge in [-0.3, -0.25) is 4.98 Å². The van der Waals surface area contributed by atoms with Crippen molar-refractivity contribution in [3.8, 4) is 11.1 Å². The van der Waals surface area contributed by atoms with E-state index in [0.29, 0.717) is 27.5 Å². The van der Waals surface area contributed by atoms with Gasteiger partial charge in [0.15, 0.2) is 9.84 Å². The Balaban J connectivity index is 2.05. The fourth-order valence-corrected chi connectivity index (χ4v) is 3.51.